The number of hydrogen-bond donors (Lipinski definition) is 2. The Hall–Kier alpha value is -0.730. The lowest BCUT2D eigenvalue weighted by atomic mass is 10.2. The highest BCUT2D eigenvalue weighted by molar-refractivity contribution is 7.15. The Morgan fingerprint density at radius 1 is 1.33 bits per heavy atom. The summed E-state index contributed by atoms with van der Waals surface area (Å²) in [5.74, 6) is 0.319. The molecule has 0 aliphatic heterocycles. The third kappa shape index (κ3) is 3.92. The van der Waals surface area contributed by atoms with E-state index in [-0.39, 0.29) is 36.8 Å². The zero-order chi connectivity index (χ0) is 13.6. The number of nitrogens with zero attached hydrogens (tertiary/aromatic N) is 2. The van der Waals surface area contributed by atoms with Crippen LogP contribution < -0.4 is 11.1 Å². The standard InChI is InChI=1S/C12H14N4OS2.2ClH/c1-5-7(4-10(18-5)8-3-9(8)13)11(17)14-12-16-15-6(2)19-12;;/h4,8-9H,3,13H2,1-2H3,(H,14,16,17);2*1H. The van der Waals surface area contributed by atoms with Gasteiger partial charge in [-0.2, -0.15) is 0 Å². The fraction of sp³-hybridized carbons (Fsp3) is 0.417. The van der Waals surface area contributed by atoms with Crippen molar-refractivity contribution in [2.24, 2.45) is 5.73 Å². The largest absolute Gasteiger partial charge is 0.327 e. The van der Waals surface area contributed by atoms with E-state index in [1.807, 2.05) is 19.9 Å². The van der Waals surface area contributed by atoms with Crippen molar-refractivity contribution >= 4 is 58.5 Å². The molecule has 21 heavy (non-hydrogen) atoms. The number of thiophene rings is 1. The molecule has 2 atom stereocenters. The Morgan fingerprint density at radius 2 is 2.00 bits per heavy atom. The first-order valence-corrected chi connectivity index (χ1v) is 7.65. The maximum absolute atomic E-state index is 12.2. The highest BCUT2D eigenvalue weighted by atomic mass is 35.5. The van der Waals surface area contributed by atoms with E-state index in [9.17, 15) is 4.79 Å². The first-order chi connectivity index (χ1) is 9.04. The van der Waals surface area contributed by atoms with Crippen molar-refractivity contribution in [1.29, 1.82) is 0 Å². The van der Waals surface area contributed by atoms with E-state index in [0.717, 1.165) is 16.3 Å². The molecule has 0 saturated heterocycles. The minimum absolute atomic E-state index is 0. The van der Waals surface area contributed by atoms with E-state index in [4.69, 9.17) is 5.73 Å². The second-order valence-corrected chi connectivity index (χ2v) is 7.17. The smallest absolute Gasteiger partial charge is 0.258 e. The van der Waals surface area contributed by atoms with Gasteiger partial charge < -0.3 is 5.73 Å². The molecule has 1 saturated carbocycles. The van der Waals surface area contributed by atoms with Crippen LogP contribution in [0.15, 0.2) is 6.07 Å². The van der Waals surface area contributed by atoms with Crippen molar-refractivity contribution in [3.8, 4) is 0 Å². The number of anilines is 1. The Balaban J connectivity index is 0.00000110. The van der Waals surface area contributed by atoms with Crippen molar-refractivity contribution in [1.82, 2.24) is 10.2 Å². The number of carbonyl (C=O) groups excluding carboxylic acids is 1. The zero-order valence-corrected chi connectivity index (χ0v) is 14.7. The van der Waals surface area contributed by atoms with E-state index < -0.39 is 0 Å². The predicted octanol–water partition coefficient (Wildman–Crippen LogP) is 3.13. The summed E-state index contributed by atoms with van der Waals surface area (Å²) in [7, 11) is 0. The van der Waals surface area contributed by atoms with Crippen LogP contribution in [0.5, 0.6) is 0 Å². The molecule has 2 heterocycles. The number of aryl methyl sites for hydroxylation is 2. The number of carbonyl (C=O) groups is 1. The topological polar surface area (TPSA) is 80.9 Å². The number of amides is 1. The fourth-order valence-corrected chi connectivity index (χ4v) is 3.77. The van der Waals surface area contributed by atoms with Crippen molar-refractivity contribution in [2.75, 3.05) is 5.32 Å². The van der Waals surface area contributed by atoms with Crippen LogP contribution in [0, 0.1) is 13.8 Å². The lowest BCUT2D eigenvalue weighted by Crippen LogP contribution is -2.11. The zero-order valence-electron chi connectivity index (χ0n) is 11.5. The summed E-state index contributed by atoms with van der Waals surface area (Å²) < 4.78 is 0. The quantitative estimate of drug-likeness (QED) is 0.873. The summed E-state index contributed by atoms with van der Waals surface area (Å²) in [5, 5.41) is 11.9. The number of aromatic nitrogens is 2. The third-order valence-corrected chi connectivity index (χ3v) is 5.07. The molecule has 3 rings (SSSR count). The van der Waals surface area contributed by atoms with E-state index >= 15 is 0 Å². The predicted molar refractivity (Wildman–Crippen MR) is 91.5 cm³/mol. The van der Waals surface area contributed by atoms with Crippen LogP contribution in [-0.2, 0) is 0 Å². The summed E-state index contributed by atoms with van der Waals surface area (Å²) in [6.07, 6.45) is 1.02. The van der Waals surface area contributed by atoms with Gasteiger partial charge >= 0.3 is 0 Å². The molecule has 1 amide bonds. The summed E-state index contributed by atoms with van der Waals surface area (Å²) in [6, 6.07) is 2.22. The summed E-state index contributed by atoms with van der Waals surface area (Å²) >= 11 is 3.03. The minimum atomic E-state index is -0.120. The molecule has 2 aromatic rings. The van der Waals surface area contributed by atoms with Crippen LogP contribution in [0.2, 0.25) is 0 Å². The van der Waals surface area contributed by atoms with Crippen molar-refractivity contribution in [2.45, 2.75) is 32.2 Å². The first kappa shape index (κ1) is 18.3. The van der Waals surface area contributed by atoms with Gasteiger partial charge in [0, 0.05) is 21.7 Å². The second-order valence-electron chi connectivity index (χ2n) is 4.71. The van der Waals surface area contributed by atoms with Crippen LogP contribution in [0.3, 0.4) is 0 Å². The molecule has 5 nitrogen and oxygen atoms in total. The summed E-state index contributed by atoms with van der Waals surface area (Å²) in [4.78, 5) is 14.4. The van der Waals surface area contributed by atoms with Gasteiger partial charge in [0.05, 0.1) is 5.56 Å². The normalized spacial score (nSPS) is 19.4. The van der Waals surface area contributed by atoms with Gasteiger partial charge in [0.25, 0.3) is 5.91 Å². The highest BCUT2D eigenvalue weighted by Gasteiger charge is 2.36. The Kier molecular flexibility index (Phi) is 6.12. The Bertz CT molecular complexity index is 643. The van der Waals surface area contributed by atoms with Gasteiger partial charge in [-0.1, -0.05) is 11.3 Å². The molecule has 2 aromatic heterocycles. The monoisotopic (exact) mass is 366 g/mol. The molecule has 1 aliphatic rings. The lowest BCUT2D eigenvalue weighted by Gasteiger charge is -1.99. The van der Waals surface area contributed by atoms with Crippen LogP contribution in [0.25, 0.3) is 0 Å². The van der Waals surface area contributed by atoms with Crippen LogP contribution >= 0.6 is 47.5 Å². The molecule has 0 spiro atoms. The van der Waals surface area contributed by atoms with Crippen LogP contribution in [0.1, 0.15) is 37.5 Å². The van der Waals surface area contributed by atoms with Crippen LogP contribution in [0.4, 0.5) is 5.13 Å². The molecule has 3 N–H and O–H groups in total. The van der Waals surface area contributed by atoms with Crippen LogP contribution in [-0.4, -0.2) is 22.1 Å². The molecule has 0 aromatic carbocycles. The fourth-order valence-electron chi connectivity index (χ4n) is 1.97. The number of halogens is 2. The van der Waals surface area contributed by atoms with E-state index in [1.165, 1.54) is 16.2 Å². The van der Waals surface area contributed by atoms with Gasteiger partial charge in [0.1, 0.15) is 5.01 Å². The first-order valence-electron chi connectivity index (χ1n) is 6.02. The maximum Gasteiger partial charge on any atom is 0.258 e. The number of rotatable bonds is 3. The van der Waals surface area contributed by atoms with Gasteiger partial charge in [-0.15, -0.1) is 46.3 Å². The minimum Gasteiger partial charge on any atom is -0.327 e. The molecule has 0 bridgehead atoms. The van der Waals surface area contributed by atoms with Gasteiger partial charge in [-0.05, 0) is 26.3 Å². The average molecular weight is 367 g/mol. The van der Waals surface area contributed by atoms with Gasteiger partial charge in [0.15, 0.2) is 0 Å². The summed E-state index contributed by atoms with van der Waals surface area (Å²) in [5.41, 5.74) is 6.56. The summed E-state index contributed by atoms with van der Waals surface area (Å²) in [6.45, 7) is 3.82. The highest BCUT2D eigenvalue weighted by Crippen LogP contribution is 2.43. The Labute approximate surface area is 143 Å². The SMILES string of the molecule is Cc1nnc(NC(=O)c2cc(C3CC3N)sc2C)s1.Cl.Cl. The molecule has 1 aliphatic carbocycles. The van der Waals surface area contributed by atoms with Gasteiger partial charge in [0.2, 0.25) is 5.13 Å². The molecular weight excluding hydrogens is 351 g/mol. The van der Waals surface area contributed by atoms with E-state index in [2.05, 4.69) is 15.5 Å². The van der Waals surface area contributed by atoms with Gasteiger partial charge in [-0.3, -0.25) is 10.1 Å². The van der Waals surface area contributed by atoms with Crippen molar-refractivity contribution in [3.63, 3.8) is 0 Å². The third-order valence-electron chi connectivity index (χ3n) is 3.13. The average Bonchev–Trinajstić information content (AvgIpc) is 2.76. The van der Waals surface area contributed by atoms with Gasteiger partial charge in [-0.25, -0.2) is 0 Å². The second kappa shape index (κ2) is 7.02. The van der Waals surface area contributed by atoms with Crippen molar-refractivity contribution < 1.29 is 4.79 Å². The number of hydrogen-bond acceptors (Lipinski definition) is 6. The number of nitrogens with one attached hydrogen (secondary N) is 1. The maximum atomic E-state index is 12.2. The molecule has 0 radical (unpaired) electrons. The van der Waals surface area contributed by atoms with E-state index in [0.29, 0.717) is 16.6 Å². The number of nitrogens with two attached hydrogens (primary N) is 1. The van der Waals surface area contributed by atoms with E-state index in [1.54, 1.807) is 11.3 Å². The molecule has 116 valence electrons. The molecule has 1 fully saturated rings. The van der Waals surface area contributed by atoms with Crippen molar-refractivity contribution in [3.05, 3.63) is 26.4 Å². The lowest BCUT2D eigenvalue weighted by molar-refractivity contribution is 0.102. The molecule has 2 unspecified atom stereocenters. The molecular formula is C12H16Cl2N4OS2. The Morgan fingerprint density at radius 3 is 2.52 bits per heavy atom. The molecule has 9 heteroatoms.